The predicted octanol–water partition coefficient (Wildman–Crippen LogP) is 4.30. The average Bonchev–Trinajstić information content (AvgIpc) is 3.17. The van der Waals surface area contributed by atoms with Crippen LogP contribution >= 0.6 is 0 Å². The van der Waals surface area contributed by atoms with Gasteiger partial charge < -0.3 is 14.0 Å². The summed E-state index contributed by atoms with van der Waals surface area (Å²) in [5.41, 5.74) is 1.20. The smallest absolute Gasteiger partial charge is 0.232 e. The Morgan fingerprint density at radius 3 is 2.19 bits per heavy atom. The lowest BCUT2D eigenvalue weighted by molar-refractivity contribution is 0.0921. The molecule has 0 aliphatic heterocycles. The Hall–Kier alpha value is -3.15. The van der Waals surface area contributed by atoms with Crippen molar-refractivity contribution < 1.29 is 18.8 Å². The zero-order valence-electron chi connectivity index (χ0n) is 15.9. The van der Waals surface area contributed by atoms with Crippen LogP contribution in [0.25, 0.3) is 11.4 Å². The second-order valence-corrected chi connectivity index (χ2v) is 7.14. The van der Waals surface area contributed by atoms with Gasteiger partial charge in [-0.25, -0.2) is 0 Å². The van der Waals surface area contributed by atoms with Crippen LogP contribution in [-0.2, 0) is 5.41 Å². The van der Waals surface area contributed by atoms with Crippen LogP contribution in [-0.4, -0.2) is 29.6 Å². The number of ketones is 1. The van der Waals surface area contributed by atoms with Gasteiger partial charge in [0.25, 0.3) is 0 Å². The zero-order valence-corrected chi connectivity index (χ0v) is 15.9. The van der Waals surface area contributed by atoms with Gasteiger partial charge in [0.05, 0.1) is 7.11 Å². The summed E-state index contributed by atoms with van der Waals surface area (Å²) in [6.07, 6.45) is 0. The maximum Gasteiger partial charge on any atom is 0.232 e. The molecule has 0 N–H and O–H groups in total. The van der Waals surface area contributed by atoms with Crippen molar-refractivity contribution >= 4 is 5.78 Å². The standard InChI is InChI=1S/C21H22N2O4/c1-21(2,3)20-22-19(23-27-20)15-7-11-17(12-8-15)26-13-18(24)14-5-9-16(25-4)10-6-14/h5-12H,13H2,1-4H3. The molecule has 27 heavy (non-hydrogen) atoms. The van der Waals surface area contributed by atoms with Crippen molar-refractivity contribution in [3.63, 3.8) is 0 Å². The van der Waals surface area contributed by atoms with Crippen molar-refractivity contribution in [1.29, 1.82) is 0 Å². The van der Waals surface area contributed by atoms with E-state index in [2.05, 4.69) is 10.1 Å². The normalized spacial score (nSPS) is 11.3. The summed E-state index contributed by atoms with van der Waals surface area (Å²) >= 11 is 0. The van der Waals surface area contributed by atoms with Gasteiger partial charge >= 0.3 is 0 Å². The van der Waals surface area contributed by atoms with E-state index >= 15 is 0 Å². The molecule has 0 aliphatic carbocycles. The first kappa shape index (κ1) is 18.6. The molecule has 0 radical (unpaired) electrons. The molecule has 3 rings (SSSR count). The second kappa shape index (κ2) is 7.61. The molecule has 0 bridgehead atoms. The van der Waals surface area contributed by atoms with Crippen molar-refractivity contribution in [2.45, 2.75) is 26.2 Å². The van der Waals surface area contributed by atoms with Gasteiger partial charge in [0, 0.05) is 16.5 Å². The van der Waals surface area contributed by atoms with E-state index in [4.69, 9.17) is 14.0 Å². The maximum atomic E-state index is 12.2. The van der Waals surface area contributed by atoms with Gasteiger partial charge in [-0.15, -0.1) is 0 Å². The van der Waals surface area contributed by atoms with E-state index in [-0.39, 0.29) is 17.8 Å². The first-order chi connectivity index (χ1) is 12.9. The molecule has 0 aliphatic rings. The highest BCUT2D eigenvalue weighted by molar-refractivity contribution is 5.97. The van der Waals surface area contributed by atoms with Crippen LogP contribution in [0.5, 0.6) is 11.5 Å². The number of carbonyl (C=O) groups excluding carboxylic acids is 1. The van der Waals surface area contributed by atoms with Crippen LogP contribution < -0.4 is 9.47 Å². The first-order valence-electron chi connectivity index (χ1n) is 8.61. The number of hydrogen-bond acceptors (Lipinski definition) is 6. The quantitative estimate of drug-likeness (QED) is 0.605. The molecule has 1 aromatic heterocycles. The molecule has 140 valence electrons. The molecule has 0 atom stereocenters. The van der Waals surface area contributed by atoms with Crippen molar-refractivity contribution in [2.75, 3.05) is 13.7 Å². The molecule has 0 amide bonds. The summed E-state index contributed by atoms with van der Waals surface area (Å²) < 4.78 is 16.0. The molecule has 1 heterocycles. The Morgan fingerprint density at radius 1 is 1.00 bits per heavy atom. The third-order valence-corrected chi connectivity index (χ3v) is 3.96. The van der Waals surface area contributed by atoms with Crippen LogP contribution in [0, 0.1) is 0 Å². The lowest BCUT2D eigenvalue weighted by Crippen LogP contribution is -2.11. The molecular formula is C21H22N2O4. The molecular weight excluding hydrogens is 344 g/mol. The van der Waals surface area contributed by atoms with E-state index in [1.54, 1.807) is 43.5 Å². The lowest BCUT2D eigenvalue weighted by Gasteiger charge is -2.10. The largest absolute Gasteiger partial charge is 0.497 e. The number of benzene rings is 2. The summed E-state index contributed by atoms with van der Waals surface area (Å²) in [4.78, 5) is 16.6. The summed E-state index contributed by atoms with van der Waals surface area (Å²) in [7, 11) is 1.59. The van der Waals surface area contributed by atoms with E-state index in [1.165, 1.54) is 0 Å². The van der Waals surface area contributed by atoms with E-state index in [1.807, 2.05) is 32.9 Å². The van der Waals surface area contributed by atoms with E-state index in [0.717, 1.165) is 5.56 Å². The van der Waals surface area contributed by atoms with Crippen molar-refractivity contribution in [2.24, 2.45) is 0 Å². The highest BCUT2D eigenvalue weighted by Gasteiger charge is 2.22. The molecule has 0 saturated carbocycles. The van der Waals surface area contributed by atoms with Crippen molar-refractivity contribution in [1.82, 2.24) is 10.1 Å². The van der Waals surface area contributed by atoms with Gasteiger partial charge in [0.15, 0.2) is 12.4 Å². The highest BCUT2D eigenvalue weighted by Crippen LogP contribution is 2.25. The molecule has 0 spiro atoms. The topological polar surface area (TPSA) is 74.5 Å². The minimum Gasteiger partial charge on any atom is -0.497 e. The van der Waals surface area contributed by atoms with Crippen LogP contribution in [0.2, 0.25) is 0 Å². The van der Waals surface area contributed by atoms with Gasteiger partial charge in [0.1, 0.15) is 11.5 Å². The van der Waals surface area contributed by atoms with Crippen LogP contribution in [0.3, 0.4) is 0 Å². The summed E-state index contributed by atoms with van der Waals surface area (Å²) in [5.74, 6) is 2.32. The molecule has 2 aromatic carbocycles. The van der Waals surface area contributed by atoms with Gasteiger partial charge in [-0.2, -0.15) is 4.98 Å². The van der Waals surface area contributed by atoms with Crippen LogP contribution in [0.15, 0.2) is 53.1 Å². The second-order valence-electron chi connectivity index (χ2n) is 7.14. The van der Waals surface area contributed by atoms with Gasteiger partial charge in [-0.3, -0.25) is 4.79 Å². The monoisotopic (exact) mass is 366 g/mol. The minimum absolute atomic E-state index is 0.0396. The maximum absolute atomic E-state index is 12.2. The van der Waals surface area contributed by atoms with E-state index in [0.29, 0.717) is 28.8 Å². The van der Waals surface area contributed by atoms with Crippen LogP contribution in [0.1, 0.15) is 37.0 Å². The number of nitrogens with zero attached hydrogens (tertiary/aromatic N) is 2. The van der Waals surface area contributed by atoms with Crippen molar-refractivity contribution in [3.8, 4) is 22.9 Å². The molecule has 0 saturated heterocycles. The fourth-order valence-electron chi connectivity index (χ4n) is 2.35. The van der Waals surface area contributed by atoms with Gasteiger partial charge in [-0.05, 0) is 48.5 Å². The Kier molecular flexibility index (Phi) is 5.26. The summed E-state index contributed by atoms with van der Waals surface area (Å²) in [6, 6.07) is 14.2. The van der Waals surface area contributed by atoms with Crippen LogP contribution in [0.4, 0.5) is 0 Å². The third kappa shape index (κ3) is 4.53. The zero-order chi connectivity index (χ0) is 19.4. The first-order valence-corrected chi connectivity index (χ1v) is 8.61. The van der Waals surface area contributed by atoms with E-state index in [9.17, 15) is 4.79 Å². The highest BCUT2D eigenvalue weighted by atomic mass is 16.5. The predicted molar refractivity (Wildman–Crippen MR) is 101 cm³/mol. The minimum atomic E-state index is -0.198. The van der Waals surface area contributed by atoms with Gasteiger partial charge in [0.2, 0.25) is 11.7 Å². The van der Waals surface area contributed by atoms with Crippen molar-refractivity contribution in [3.05, 3.63) is 60.0 Å². The third-order valence-electron chi connectivity index (χ3n) is 3.96. The molecule has 3 aromatic rings. The number of carbonyl (C=O) groups is 1. The lowest BCUT2D eigenvalue weighted by atomic mass is 9.97. The number of Topliss-reactive ketones (excluding diaryl/α,β-unsaturated/α-hetero) is 1. The Balaban J connectivity index is 1.62. The number of methoxy groups -OCH3 is 1. The van der Waals surface area contributed by atoms with Gasteiger partial charge in [-0.1, -0.05) is 25.9 Å². The molecule has 0 fully saturated rings. The number of ether oxygens (including phenoxy) is 2. The van der Waals surface area contributed by atoms with E-state index < -0.39 is 0 Å². The molecule has 6 nitrogen and oxygen atoms in total. The SMILES string of the molecule is COc1ccc(C(=O)COc2ccc(-c3noc(C(C)(C)C)n3)cc2)cc1. The molecule has 0 unspecified atom stereocenters. The Labute approximate surface area is 158 Å². The number of aromatic nitrogens is 2. The Bertz CT molecular complexity index is 907. The number of hydrogen-bond donors (Lipinski definition) is 0. The Morgan fingerprint density at radius 2 is 1.63 bits per heavy atom. The number of rotatable bonds is 6. The fourth-order valence-corrected chi connectivity index (χ4v) is 2.35. The fraction of sp³-hybridized carbons (Fsp3) is 0.286. The summed E-state index contributed by atoms with van der Waals surface area (Å²) in [5, 5.41) is 4.02. The summed E-state index contributed by atoms with van der Waals surface area (Å²) in [6.45, 7) is 6.01. The molecule has 6 heteroatoms. The average molecular weight is 366 g/mol.